The largest absolute Gasteiger partial charge is 0.383 e. The first-order valence-electron chi connectivity index (χ1n) is 4.62. The second-order valence-electron chi connectivity index (χ2n) is 3.06. The van der Waals surface area contributed by atoms with E-state index in [-0.39, 0.29) is 0 Å². The zero-order valence-electron chi connectivity index (χ0n) is 8.42. The number of aromatic nitrogens is 1. The van der Waals surface area contributed by atoms with E-state index >= 15 is 0 Å². The summed E-state index contributed by atoms with van der Waals surface area (Å²) < 4.78 is 5.12. The van der Waals surface area contributed by atoms with Crippen molar-refractivity contribution in [3.8, 4) is 0 Å². The van der Waals surface area contributed by atoms with Crippen LogP contribution in [0.15, 0.2) is 5.38 Å². The fraction of sp³-hybridized carbons (Fsp3) is 0.667. The molecule has 1 N–H and O–H groups in total. The normalized spacial score (nSPS) is 12.8. The van der Waals surface area contributed by atoms with Crippen molar-refractivity contribution in [1.82, 2.24) is 4.98 Å². The van der Waals surface area contributed by atoms with Crippen molar-refractivity contribution < 1.29 is 4.74 Å². The first-order valence-corrected chi connectivity index (χ1v) is 5.88. The van der Waals surface area contributed by atoms with Crippen molar-refractivity contribution in [1.29, 1.82) is 0 Å². The van der Waals surface area contributed by atoms with E-state index in [2.05, 4.69) is 17.2 Å². The molecule has 1 unspecified atom stereocenters. The van der Waals surface area contributed by atoms with Crippen LogP contribution in [-0.2, 0) is 4.74 Å². The fourth-order valence-electron chi connectivity index (χ4n) is 1.24. The average molecular weight is 235 g/mol. The summed E-state index contributed by atoms with van der Waals surface area (Å²) in [6.45, 7) is 2.85. The number of hydrogen-bond acceptors (Lipinski definition) is 4. The van der Waals surface area contributed by atoms with Gasteiger partial charge in [-0.15, -0.1) is 11.3 Å². The molecule has 1 aromatic heterocycles. The van der Waals surface area contributed by atoms with Crippen LogP contribution in [0.2, 0.25) is 5.15 Å². The number of anilines is 1. The summed E-state index contributed by atoms with van der Waals surface area (Å²) in [7, 11) is 1.71. The lowest BCUT2D eigenvalue weighted by Gasteiger charge is -2.15. The fourth-order valence-corrected chi connectivity index (χ4v) is 2.16. The summed E-state index contributed by atoms with van der Waals surface area (Å²) in [5, 5.41) is 6.53. The van der Waals surface area contributed by atoms with E-state index in [1.807, 2.05) is 5.38 Å². The molecular formula is C9H15ClN2OS. The first kappa shape index (κ1) is 11.8. The molecule has 0 aliphatic carbocycles. The Morgan fingerprint density at radius 2 is 2.50 bits per heavy atom. The lowest BCUT2D eigenvalue weighted by molar-refractivity contribution is 0.182. The monoisotopic (exact) mass is 234 g/mol. The van der Waals surface area contributed by atoms with E-state index in [1.54, 1.807) is 7.11 Å². The summed E-state index contributed by atoms with van der Waals surface area (Å²) in [6, 6.07) is 0.326. The van der Waals surface area contributed by atoms with Gasteiger partial charge in [-0.25, -0.2) is 4.98 Å². The molecule has 0 bridgehead atoms. The van der Waals surface area contributed by atoms with Crippen LogP contribution in [0.25, 0.3) is 0 Å². The molecular weight excluding hydrogens is 220 g/mol. The molecule has 0 aliphatic rings. The van der Waals surface area contributed by atoms with Gasteiger partial charge in [0.2, 0.25) is 0 Å². The van der Waals surface area contributed by atoms with Gasteiger partial charge in [-0.3, -0.25) is 0 Å². The minimum absolute atomic E-state index is 0.326. The van der Waals surface area contributed by atoms with Crippen molar-refractivity contribution in [3.63, 3.8) is 0 Å². The molecule has 5 heteroatoms. The quantitative estimate of drug-likeness (QED) is 0.822. The molecule has 0 spiro atoms. The highest BCUT2D eigenvalue weighted by Crippen LogP contribution is 2.20. The van der Waals surface area contributed by atoms with E-state index in [0.29, 0.717) is 17.8 Å². The zero-order chi connectivity index (χ0) is 10.4. The molecule has 0 amide bonds. The maximum absolute atomic E-state index is 5.73. The summed E-state index contributed by atoms with van der Waals surface area (Å²) in [4.78, 5) is 4.13. The maximum atomic E-state index is 5.73. The number of methoxy groups -OCH3 is 1. The van der Waals surface area contributed by atoms with Crippen LogP contribution in [0.1, 0.15) is 19.8 Å². The van der Waals surface area contributed by atoms with Gasteiger partial charge in [0.25, 0.3) is 0 Å². The summed E-state index contributed by atoms with van der Waals surface area (Å²) in [5.41, 5.74) is 0. The van der Waals surface area contributed by atoms with E-state index in [9.17, 15) is 0 Å². The third-order valence-corrected chi connectivity index (χ3v) is 2.91. The Morgan fingerprint density at radius 3 is 3.00 bits per heavy atom. The molecule has 0 aliphatic heterocycles. The van der Waals surface area contributed by atoms with Gasteiger partial charge in [-0.2, -0.15) is 0 Å². The number of halogens is 1. The zero-order valence-corrected chi connectivity index (χ0v) is 9.99. The van der Waals surface area contributed by atoms with Gasteiger partial charge >= 0.3 is 0 Å². The molecule has 0 saturated heterocycles. The minimum atomic E-state index is 0.326. The van der Waals surface area contributed by atoms with Gasteiger partial charge in [-0.05, 0) is 6.42 Å². The Labute approximate surface area is 93.4 Å². The number of rotatable bonds is 6. The molecule has 0 radical (unpaired) electrons. The van der Waals surface area contributed by atoms with E-state index in [4.69, 9.17) is 16.3 Å². The molecule has 80 valence electrons. The highest BCUT2D eigenvalue weighted by molar-refractivity contribution is 7.14. The second-order valence-corrected chi connectivity index (χ2v) is 4.31. The van der Waals surface area contributed by atoms with Crippen molar-refractivity contribution in [3.05, 3.63) is 10.5 Å². The summed E-state index contributed by atoms with van der Waals surface area (Å²) >= 11 is 7.25. The Morgan fingerprint density at radius 1 is 1.71 bits per heavy atom. The maximum Gasteiger partial charge on any atom is 0.184 e. The highest BCUT2D eigenvalue weighted by atomic mass is 35.5. The number of ether oxygens (including phenoxy) is 1. The predicted molar refractivity (Wildman–Crippen MR) is 61.3 cm³/mol. The first-order chi connectivity index (χ1) is 6.76. The Balaban J connectivity index is 2.46. The Kier molecular flexibility index (Phi) is 5.22. The van der Waals surface area contributed by atoms with Gasteiger partial charge in [-0.1, -0.05) is 24.9 Å². The number of nitrogens with one attached hydrogen (secondary N) is 1. The second kappa shape index (κ2) is 6.22. The smallest absolute Gasteiger partial charge is 0.184 e. The summed E-state index contributed by atoms with van der Waals surface area (Å²) in [5.74, 6) is 0. The highest BCUT2D eigenvalue weighted by Gasteiger charge is 2.08. The molecule has 1 aromatic rings. The van der Waals surface area contributed by atoms with Crippen LogP contribution in [0.5, 0.6) is 0 Å². The van der Waals surface area contributed by atoms with Gasteiger partial charge in [0, 0.05) is 12.5 Å². The van der Waals surface area contributed by atoms with Crippen molar-refractivity contribution in [2.45, 2.75) is 25.8 Å². The van der Waals surface area contributed by atoms with Crippen molar-refractivity contribution in [2.24, 2.45) is 0 Å². The van der Waals surface area contributed by atoms with Gasteiger partial charge in [0.15, 0.2) is 5.13 Å². The number of nitrogens with zero attached hydrogens (tertiary/aromatic N) is 1. The molecule has 1 atom stereocenters. The number of hydrogen-bond donors (Lipinski definition) is 1. The van der Waals surface area contributed by atoms with Crippen LogP contribution in [0, 0.1) is 0 Å². The van der Waals surface area contributed by atoms with E-state index in [1.165, 1.54) is 11.3 Å². The van der Waals surface area contributed by atoms with E-state index < -0.39 is 0 Å². The minimum Gasteiger partial charge on any atom is -0.383 e. The Bertz CT molecular complexity index is 261. The molecule has 0 fully saturated rings. The molecule has 0 aromatic carbocycles. The topological polar surface area (TPSA) is 34.1 Å². The van der Waals surface area contributed by atoms with Crippen LogP contribution >= 0.6 is 22.9 Å². The van der Waals surface area contributed by atoms with Gasteiger partial charge in [0.05, 0.1) is 12.6 Å². The third-order valence-electron chi connectivity index (χ3n) is 1.81. The average Bonchev–Trinajstić information content (AvgIpc) is 2.52. The van der Waals surface area contributed by atoms with E-state index in [0.717, 1.165) is 18.0 Å². The number of thiazole rings is 1. The lowest BCUT2D eigenvalue weighted by atomic mass is 10.2. The molecule has 0 saturated carbocycles. The molecule has 1 rings (SSSR count). The summed E-state index contributed by atoms with van der Waals surface area (Å²) in [6.07, 6.45) is 2.20. The third kappa shape index (κ3) is 3.82. The SMILES string of the molecule is CCCC(COC)Nc1nc(Cl)cs1. The predicted octanol–water partition coefficient (Wildman–Crippen LogP) is 3.02. The standard InChI is InChI=1S/C9H15ClN2OS/c1-3-4-7(5-13-2)11-9-12-8(10)6-14-9/h6-7H,3-5H2,1-2H3,(H,11,12). The van der Waals surface area contributed by atoms with Crippen LogP contribution in [-0.4, -0.2) is 24.7 Å². The molecule has 3 nitrogen and oxygen atoms in total. The van der Waals surface area contributed by atoms with Crippen LogP contribution in [0.4, 0.5) is 5.13 Å². The van der Waals surface area contributed by atoms with Gasteiger partial charge in [0.1, 0.15) is 5.15 Å². The molecule has 14 heavy (non-hydrogen) atoms. The Hall–Kier alpha value is -0.320. The van der Waals surface area contributed by atoms with Crippen molar-refractivity contribution >= 4 is 28.1 Å². The van der Waals surface area contributed by atoms with Crippen LogP contribution in [0.3, 0.4) is 0 Å². The van der Waals surface area contributed by atoms with Gasteiger partial charge < -0.3 is 10.1 Å². The van der Waals surface area contributed by atoms with Crippen molar-refractivity contribution in [2.75, 3.05) is 19.0 Å². The molecule has 1 heterocycles. The lowest BCUT2D eigenvalue weighted by Crippen LogP contribution is -2.24. The van der Waals surface area contributed by atoms with Crippen LogP contribution < -0.4 is 5.32 Å².